The second-order valence-electron chi connectivity index (χ2n) is 8.17. The van der Waals surface area contributed by atoms with Crippen LogP contribution in [0.5, 0.6) is 0 Å². The van der Waals surface area contributed by atoms with Gasteiger partial charge in [-0.15, -0.1) is 0 Å². The van der Waals surface area contributed by atoms with Crippen molar-refractivity contribution in [1.29, 1.82) is 0 Å². The summed E-state index contributed by atoms with van der Waals surface area (Å²) >= 11 is 0. The number of nitrogens with one attached hydrogen (secondary N) is 1. The highest BCUT2D eigenvalue weighted by atomic mass is 16.2. The molecule has 1 aliphatic rings. The van der Waals surface area contributed by atoms with Crippen molar-refractivity contribution in [2.45, 2.75) is 46.1 Å². The SMILES string of the molecule is Cc1ccc(C(=O)CCC(=O)N[C@H](CC(C)C)C(=O)N2CCN(C)CC2)cc1. The average Bonchev–Trinajstić information content (AvgIpc) is 2.66. The number of rotatable bonds is 8. The summed E-state index contributed by atoms with van der Waals surface area (Å²) in [7, 11) is 2.04. The minimum atomic E-state index is -0.523. The molecule has 1 fully saturated rings. The fourth-order valence-electron chi connectivity index (χ4n) is 3.32. The first-order valence-electron chi connectivity index (χ1n) is 10.1. The molecular formula is C22H33N3O3. The molecule has 0 spiro atoms. The number of carbonyl (C=O) groups excluding carboxylic acids is 3. The van der Waals surface area contributed by atoms with E-state index >= 15 is 0 Å². The van der Waals surface area contributed by atoms with E-state index in [0.29, 0.717) is 25.1 Å². The van der Waals surface area contributed by atoms with Crippen LogP contribution in [0.3, 0.4) is 0 Å². The van der Waals surface area contributed by atoms with Gasteiger partial charge >= 0.3 is 0 Å². The van der Waals surface area contributed by atoms with Gasteiger partial charge in [0.05, 0.1) is 0 Å². The summed E-state index contributed by atoms with van der Waals surface area (Å²) in [5.41, 5.74) is 1.71. The Kier molecular flexibility index (Phi) is 8.18. The Bertz CT molecular complexity index is 677. The third-order valence-electron chi connectivity index (χ3n) is 5.11. The molecule has 1 N–H and O–H groups in total. The van der Waals surface area contributed by atoms with Gasteiger partial charge in [-0.05, 0) is 26.3 Å². The number of hydrogen-bond acceptors (Lipinski definition) is 4. The van der Waals surface area contributed by atoms with Crippen LogP contribution in [0.25, 0.3) is 0 Å². The largest absolute Gasteiger partial charge is 0.344 e. The molecule has 0 radical (unpaired) electrons. The minimum Gasteiger partial charge on any atom is -0.344 e. The van der Waals surface area contributed by atoms with Crippen LogP contribution >= 0.6 is 0 Å². The minimum absolute atomic E-state index is 0.0139. The summed E-state index contributed by atoms with van der Waals surface area (Å²) in [6, 6.07) is 6.83. The monoisotopic (exact) mass is 387 g/mol. The van der Waals surface area contributed by atoms with Crippen LogP contribution < -0.4 is 5.32 Å². The van der Waals surface area contributed by atoms with Crippen LogP contribution in [-0.2, 0) is 9.59 Å². The fraction of sp³-hybridized carbons (Fsp3) is 0.591. The number of carbonyl (C=O) groups is 3. The molecule has 0 saturated carbocycles. The normalized spacial score (nSPS) is 16.1. The Morgan fingerprint density at radius 3 is 2.18 bits per heavy atom. The number of benzene rings is 1. The number of aryl methyl sites for hydroxylation is 1. The standard InChI is InChI=1S/C22H33N3O3/c1-16(2)15-19(22(28)25-13-11-24(4)12-14-25)23-21(27)10-9-20(26)18-7-5-17(3)6-8-18/h5-8,16,19H,9-15H2,1-4H3,(H,23,27)/t19-/m1/s1. The Hall–Kier alpha value is -2.21. The van der Waals surface area contributed by atoms with Gasteiger partial charge in [0.25, 0.3) is 0 Å². The lowest BCUT2D eigenvalue weighted by atomic mass is 10.0. The van der Waals surface area contributed by atoms with Gasteiger partial charge in [0.1, 0.15) is 6.04 Å². The molecule has 6 heteroatoms. The number of likely N-dealkylation sites (N-methyl/N-ethyl adjacent to an activating group) is 1. The van der Waals surface area contributed by atoms with E-state index in [4.69, 9.17) is 0 Å². The zero-order valence-corrected chi connectivity index (χ0v) is 17.5. The zero-order valence-electron chi connectivity index (χ0n) is 17.5. The van der Waals surface area contributed by atoms with E-state index in [0.717, 1.165) is 18.7 Å². The summed E-state index contributed by atoms with van der Waals surface area (Å²) in [5.74, 6) is -0.0227. The van der Waals surface area contributed by atoms with Crippen LogP contribution in [0.1, 0.15) is 49.0 Å². The number of amides is 2. The predicted molar refractivity (Wildman–Crippen MR) is 110 cm³/mol. The van der Waals surface area contributed by atoms with Gasteiger partial charge in [-0.1, -0.05) is 43.7 Å². The molecule has 1 heterocycles. The van der Waals surface area contributed by atoms with Crippen molar-refractivity contribution < 1.29 is 14.4 Å². The molecule has 1 saturated heterocycles. The summed E-state index contributed by atoms with van der Waals surface area (Å²) in [6.07, 6.45) is 0.839. The second kappa shape index (κ2) is 10.4. The molecule has 1 aromatic rings. The summed E-state index contributed by atoms with van der Waals surface area (Å²) in [5, 5.41) is 2.88. The molecule has 6 nitrogen and oxygen atoms in total. The number of Topliss-reactive ketones (excluding diaryl/α,β-unsaturated/α-hetero) is 1. The Labute approximate surface area is 168 Å². The van der Waals surface area contributed by atoms with Crippen LogP contribution in [0.2, 0.25) is 0 Å². The highest BCUT2D eigenvalue weighted by Gasteiger charge is 2.28. The van der Waals surface area contributed by atoms with Crippen molar-refractivity contribution in [3.8, 4) is 0 Å². The first-order valence-corrected chi connectivity index (χ1v) is 10.1. The molecule has 0 bridgehead atoms. The maximum Gasteiger partial charge on any atom is 0.245 e. The molecule has 1 atom stereocenters. The molecule has 1 aromatic carbocycles. The van der Waals surface area contributed by atoms with Crippen molar-refractivity contribution in [2.24, 2.45) is 5.92 Å². The van der Waals surface area contributed by atoms with Crippen molar-refractivity contribution in [1.82, 2.24) is 15.1 Å². The smallest absolute Gasteiger partial charge is 0.245 e. The van der Waals surface area contributed by atoms with Crippen LogP contribution in [-0.4, -0.2) is 66.7 Å². The molecule has 2 rings (SSSR count). The fourth-order valence-corrected chi connectivity index (χ4v) is 3.32. The Morgan fingerprint density at radius 1 is 1.00 bits per heavy atom. The maximum absolute atomic E-state index is 12.9. The lowest BCUT2D eigenvalue weighted by Crippen LogP contribution is -2.54. The molecule has 1 aliphatic heterocycles. The molecule has 2 amide bonds. The van der Waals surface area contributed by atoms with E-state index in [1.807, 2.05) is 44.9 Å². The quantitative estimate of drug-likeness (QED) is 0.695. The molecule has 28 heavy (non-hydrogen) atoms. The molecule has 0 aliphatic carbocycles. The van der Waals surface area contributed by atoms with Gasteiger partial charge < -0.3 is 15.1 Å². The van der Waals surface area contributed by atoms with Gasteiger partial charge in [-0.2, -0.15) is 0 Å². The predicted octanol–water partition coefficient (Wildman–Crippen LogP) is 2.26. The summed E-state index contributed by atoms with van der Waals surface area (Å²) in [6.45, 7) is 9.11. The first kappa shape index (κ1) is 22.1. The maximum atomic E-state index is 12.9. The van der Waals surface area contributed by atoms with Gasteiger partial charge in [0.15, 0.2) is 5.78 Å². The van der Waals surface area contributed by atoms with Crippen LogP contribution in [0.15, 0.2) is 24.3 Å². The molecule has 154 valence electrons. The number of hydrogen-bond donors (Lipinski definition) is 1. The van der Waals surface area contributed by atoms with E-state index in [-0.39, 0.29) is 36.4 Å². The Balaban J connectivity index is 1.90. The van der Waals surface area contributed by atoms with E-state index in [2.05, 4.69) is 10.2 Å². The third kappa shape index (κ3) is 6.75. The van der Waals surface area contributed by atoms with E-state index in [9.17, 15) is 14.4 Å². The highest BCUT2D eigenvalue weighted by Crippen LogP contribution is 2.12. The number of ketones is 1. The van der Waals surface area contributed by atoms with Crippen LogP contribution in [0.4, 0.5) is 0 Å². The van der Waals surface area contributed by atoms with E-state index < -0.39 is 6.04 Å². The van der Waals surface area contributed by atoms with Gasteiger partial charge in [0.2, 0.25) is 11.8 Å². The number of piperazine rings is 1. The summed E-state index contributed by atoms with van der Waals surface area (Å²) in [4.78, 5) is 41.6. The van der Waals surface area contributed by atoms with Crippen molar-refractivity contribution >= 4 is 17.6 Å². The van der Waals surface area contributed by atoms with E-state index in [1.165, 1.54) is 0 Å². The number of nitrogens with zero attached hydrogens (tertiary/aromatic N) is 2. The molecule has 0 unspecified atom stereocenters. The lowest BCUT2D eigenvalue weighted by Gasteiger charge is -2.35. The van der Waals surface area contributed by atoms with Gasteiger partial charge in [-0.25, -0.2) is 0 Å². The lowest BCUT2D eigenvalue weighted by molar-refractivity contribution is -0.138. The van der Waals surface area contributed by atoms with E-state index in [1.54, 1.807) is 12.1 Å². The molecule has 0 aromatic heterocycles. The Morgan fingerprint density at radius 2 is 1.61 bits per heavy atom. The van der Waals surface area contributed by atoms with Crippen molar-refractivity contribution in [3.05, 3.63) is 35.4 Å². The van der Waals surface area contributed by atoms with Crippen molar-refractivity contribution in [3.63, 3.8) is 0 Å². The highest BCUT2D eigenvalue weighted by molar-refractivity contribution is 5.98. The van der Waals surface area contributed by atoms with Gasteiger partial charge in [-0.3, -0.25) is 14.4 Å². The third-order valence-corrected chi connectivity index (χ3v) is 5.11. The second-order valence-corrected chi connectivity index (χ2v) is 8.17. The zero-order chi connectivity index (χ0) is 20.7. The topological polar surface area (TPSA) is 69.7 Å². The summed E-state index contributed by atoms with van der Waals surface area (Å²) < 4.78 is 0. The molecular weight excluding hydrogens is 354 g/mol. The van der Waals surface area contributed by atoms with Crippen LogP contribution in [0, 0.1) is 12.8 Å². The van der Waals surface area contributed by atoms with Gasteiger partial charge in [0, 0.05) is 44.6 Å². The van der Waals surface area contributed by atoms with Crippen molar-refractivity contribution in [2.75, 3.05) is 33.2 Å². The first-order chi connectivity index (χ1) is 13.3. The average molecular weight is 388 g/mol.